The van der Waals surface area contributed by atoms with Gasteiger partial charge in [0.2, 0.25) is 0 Å². The number of carbonyl (C=O) groups is 1. The molecular formula is C17H17ClO3S. The maximum Gasteiger partial charge on any atom is 0.337 e. The van der Waals surface area contributed by atoms with Gasteiger partial charge in [0, 0.05) is 15.7 Å². The van der Waals surface area contributed by atoms with E-state index < -0.39 is 0 Å². The van der Waals surface area contributed by atoms with Gasteiger partial charge in [0.05, 0.1) is 19.3 Å². The second kappa shape index (κ2) is 8.71. The zero-order chi connectivity index (χ0) is 15.8. The SMILES string of the molecule is COC(=O)c1ccc(Sc2cccc(OCCCCl)c2)cc1. The highest BCUT2D eigenvalue weighted by Crippen LogP contribution is 2.30. The van der Waals surface area contributed by atoms with Crippen LogP contribution in [0.15, 0.2) is 58.3 Å². The van der Waals surface area contributed by atoms with E-state index in [9.17, 15) is 4.79 Å². The van der Waals surface area contributed by atoms with Crippen LogP contribution in [0, 0.1) is 0 Å². The van der Waals surface area contributed by atoms with Gasteiger partial charge in [-0.1, -0.05) is 17.8 Å². The van der Waals surface area contributed by atoms with Crippen molar-refractivity contribution in [3.63, 3.8) is 0 Å². The van der Waals surface area contributed by atoms with Gasteiger partial charge < -0.3 is 9.47 Å². The van der Waals surface area contributed by atoms with Gasteiger partial charge in [-0.15, -0.1) is 11.6 Å². The molecule has 2 aromatic carbocycles. The lowest BCUT2D eigenvalue weighted by Gasteiger charge is -2.07. The van der Waals surface area contributed by atoms with E-state index in [-0.39, 0.29) is 5.97 Å². The Kier molecular flexibility index (Phi) is 6.62. The standard InChI is InChI=1S/C17H17ClO3S/c1-20-17(19)13-6-8-15(9-7-13)22-16-5-2-4-14(12-16)21-11-3-10-18/h2,4-9,12H,3,10-11H2,1H3. The van der Waals surface area contributed by atoms with Crippen molar-refractivity contribution in [1.82, 2.24) is 0 Å². The first-order chi connectivity index (χ1) is 10.7. The molecule has 0 aromatic heterocycles. The monoisotopic (exact) mass is 336 g/mol. The van der Waals surface area contributed by atoms with Gasteiger partial charge in [0.25, 0.3) is 0 Å². The zero-order valence-electron chi connectivity index (χ0n) is 12.3. The lowest BCUT2D eigenvalue weighted by Crippen LogP contribution is -2.00. The highest BCUT2D eigenvalue weighted by Gasteiger charge is 2.05. The molecule has 0 amide bonds. The van der Waals surface area contributed by atoms with Crippen LogP contribution in [0.25, 0.3) is 0 Å². The average Bonchev–Trinajstić information content (AvgIpc) is 2.55. The van der Waals surface area contributed by atoms with E-state index in [0.717, 1.165) is 22.0 Å². The summed E-state index contributed by atoms with van der Waals surface area (Å²) in [5.74, 6) is 1.11. The Morgan fingerprint density at radius 1 is 1.14 bits per heavy atom. The number of methoxy groups -OCH3 is 1. The first-order valence-corrected chi connectivity index (χ1v) is 8.23. The number of esters is 1. The maximum atomic E-state index is 11.4. The van der Waals surface area contributed by atoms with Crippen LogP contribution in [0.2, 0.25) is 0 Å². The predicted octanol–water partition coefficient (Wildman–Crippen LogP) is 4.63. The van der Waals surface area contributed by atoms with Crippen LogP contribution in [0.3, 0.4) is 0 Å². The van der Waals surface area contributed by atoms with Gasteiger partial charge in [-0.2, -0.15) is 0 Å². The van der Waals surface area contributed by atoms with E-state index in [1.165, 1.54) is 7.11 Å². The third-order valence-electron chi connectivity index (χ3n) is 2.86. The summed E-state index contributed by atoms with van der Waals surface area (Å²) in [6.07, 6.45) is 0.827. The molecule has 0 fully saturated rings. The van der Waals surface area contributed by atoms with Crippen molar-refractivity contribution in [3.05, 3.63) is 54.1 Å². The summed E-state index contributed by atoms with van der Waals surface area (Å²) in [5, 5.41) is 0. The first-order valence-electron chi connectivity index (χ1n) is 6.88. The third-order valence-corrected chi connectivity index (χ3v) is 4.13. The second-order valence-electron chi connectivity index (χ2n) is 4.48. The number of hydrogen-bond donors (Lipinski definition) is 0. The van der Waals surface area contributed by atoms with E-state index in [1.54, 1.807) is 23.9 Å². The van der Waals surface area contributed by atoms with Gasteiger partial charge >= 0.3 is 5.97 Å². The Morgan fingerprint density at radius 3 is 2.59 bits per heavy atom. The molecule has 0 aliphatic rings. The molecule has 0 radical (unpaired) electrons. The third kappa shape index (κ3) is 4.97. The van der Waals surface area contributed by atoms with Crippen molar-refractivity contribution in [2.45, 2.75) is 16.2 Å². The van der Waals surface area contributed by atoms with Crippen LogP contribution in [-0.4, -0.2) is 25.6 Å². The molecule has 0 atom stereocenters. The summed E-state index contributed by atoms with van der Waals surface area (Å²) in [6.45, 7) is 0.617. The van der Waals surface area contributed by atoms with Crippen molar-refractivity contribution in [3.8, 4) is 5.75 Å². The van der Waals surface area contributed by atoms with Crippen molar-refractivity contribution in [1.29, 1.82) is 0 Å². The lowest BCUT2D eigenvalue weighted by molar-refractivity contribution is 0.0600. The number of benzene rings is 2. The second-order valence-corrected chi connectivity index (χ2v) is 6.01. The molecule has 2 aromatic rings. The summed E-state index contributed by atoms with van der Waals surface area (Å²) in [7, 11) is 1.38. The Morgan fingerprint density at radius 2 is 1.91 bits per heavy atom. The quantitative estimate of drug-likeness (QED) is 0.419. The largest absolute Gasteiger partial charge is 0.494 e. The van der Waals surface area contributed by atoms with Gasteiger partial charge in [-0.25, -0.2) is 4.79 Å². The van der Waals surface area contributed by atoms with Crippen LogP contribution in [-0.2, 0) is 4.74 Å². The van der Waals surface area contributed by atoms with Crippen molar-refractivity contribution in [2.24, 2.45) is 0 Å². The maximum absolute atomic E-state index is 11.4. The lowest BCUT2D eigenvalue weighted by atomic mass is 10.2. The summed E-state index contributed by atoms with van der Waals surface area (Å²) in [4.78, 5) is 13.5. The molecular weight excluding hydrogens is 320 g/mol. The minimum Gasteiger partial charge on any atom is -0.494 e. The van der Waals surface area contributed by atoms with Crippen LogP contribution >= 0.6 is 23.4 Å². The number of hydrogen-bond acceptors (Lipinski definition) is 4. The van der Waals surface area contributed by atoms with E-state index in [0.29, 0.717) is 18.1 Å². The number of alkyl halides is 1. The minimum absolute atomic E-state index is 0.328. The fourth-order valence-electron chi connectivity index (χ4n) is 1.79. The molecule has 22 heavy (non-hydrogen) atoms. The first kappa shape index (κ1) is 16.7. The predicted molar refractivity (Wildman–Crippen MR) is 89.2 cm³/mol. The molecule has 0 saturated heterocycles. The van der Waals surface area contributed by atoms with E-state index in [2.05, 4.69) is 4.74 Å². The Balaban J connectivity index is 2.01. The zero-order valence-corrected chi connectivity index (χ0v) is 13.8. The molecule has 0 unspecified atom stereocenters. The molecule has 0 aliphatic heterocycles. The summed E-state index contributed by atoms with van der Waals surface area (Å²) < 4.78 is 10.3. The number of halogens is 1. The van der Waals surface area contributed by atoms with Crippen LogP contribution in [0.4, 0.5) is 0 Å². The summed E-state index contributed by atoms with van der Waals surface area (Å²) in [5.41, 5.74) is 0.546. The van der Waals surface area contributed by atoms with Crippen molar-refractivity contribution < 1.29 is 14.3 Å². The number of rotatable bonds is 7. The fraction of sp³-hybridized carbons (Fsp3) is 0.235. The van der Waals surface area contributed by atoms with Gasteiger partial charge in [-0.3, -0.25) is 0 Å². The normalized spacial score (nSPS) is 10.3. The van der Waals surface area contributed by atoms with E-state index in [4.69, 9.17) is 16.3 Å². The molecule has 0 aliphatic carbocycles. The molecule has 2 rings (SSSR count). The van der Waals surface area contributed by atoms with Gasteiger partial charge in [0.1, 0.15) is 5.75 Å². The Hall–Kier alpha value is -1.65. The molecule has 0 N–H and O–H groups in total. The smallest absolute Gasteiger partial charge is 0.337 e. The highest BCUT2D eigenvalue weighted by atomic mass is 35.5. The molecule has 0 spiro atoms. The van der Waals surface area contributed by atoms with Crippen molar-refractivity contribution in [2.75, 3.05) is 19.6 Å². The molecule has 5 heteroatoms. The van der Waals surface area contributed by atoms with E-state index >= 15 is 0 Å². The van der Waals surface area contributed by atoms with Crippen LogP contribution in [0.1, 0.15) is 16.8 Å². The highest BCUT2D eigenvalue weighted by molar-refractivity contribution is 7.99. The topological polar surface area (TPSA) is 35.5 Å². The van der Waals surface area contributed by atoms with Gasteiger partial charge in [-0.05, 0) is 48.9 Å². The molecule has 116 valence electrons. The molecule has 0 saturated carbocycles. The number of ether oxygens (including phenoxy) is 2. The summed E-state index contributed by atoms with van der Waals surface area (Å²) in [6, 6.07) is 15.2. The molecule has 0 heterocycles. The van der Waals surface area contributed by atoms with Crippen LogP contribution in [0.5, 0.6) is 5.75 Å². The molecule has 3 nitrogen and oxygen atoms in total. The van der Waals surface area contributed by atoms with Crippen molar-refractivity contribution >= 4 is 29.3 Å². The Labute approximate surface area is 139 Å². The van der Waals surface area contributed by atoms with Gasteiger partial charge in [0.15, 0.2) is 0 Å². The molecule has 0 bridgehead atoms. The van der Waals surface area contributed by atoms with Crippen LogP contribution < -0.4 is 4.74 Å². The Bertz CT molecular complexity index is 614. The average molecular weight is 337 g/mol. The summed E-state index contributed by atoms with van der Waals surface area (Å²) >= 11 is 7.25. The number of carbonyl (C=O) groups excluding carboxylic acids is 1. The van der Waals surface area contributed by atoms with E-state index in [1.807, 2.05) is 36.4 Å². The fourth-order valence-corrected chi connectivity index (χ4v) is 2.76. The minimum atomic E-state index is -0.328.